The van der Waals surface area contributed by atoms with E-state index in [1.54, 1.807) is 0 Å². The van der Waals surface area contributed by atoms with E-state index in [4.69, 9.17) is 10.2 Å². The molecule has 0 atom stereocenters. The number of carbonyl (C=O) groups excluding carboxylic acids is 1. The van der Waals surface area contributed by atoms with Gasteiger partial charge in [0.2, 0.25) is 0 Å². The molecule has 0 radical (unpaired) electrons. The molecule has 0 spiro atoms. The first-order chi connectivity index (χ1) is 6.19. The molecule has 1 aromatic carbocycles. The van der Waals surface area contributed by atoms with Crippen LogP contribution in [0.15, 0.2) is 18.2 Å². The van der Waals surface area contributed by atoms with Crippen molar-refractivity contribution >= 4 is 12.3 Å². The van der Waals surface area contributed by atoms with Crippen molar-refractivity contribution in [2.45, 2.75) is 6.61 Å². The smallest absolute Gasteiger partial charge is 0.336 e. The van der Waals surface area contributed by atoms with E-state index in [0.717, 1.165) is 0 Å². The minimum Gasteiger partial charge on any atom is -0.478 e. The first-order valence-corrected chi connectivity index (χ1v) is 3.61. The predicted octanol–water partition coefficient (Wildman–Crippen LogP) is 0.690. The molecule has 0 aliphatic carbocycles. The maximum atomic E-state index is 10.6. The third-order valence-corrected chi connectivity index (χ3v) is 1.67. The molecule has 0 heterocycles. The molecule has 0 bridgehead atoms. The van der Waals surface area contributed by atoms with Gasteiger partial charge in [0.25, 0.3) is 0 Å². The van der Waals surface area contributed by atoms with Crippen molar-refractivity contribution in [2.75, 3.05) is 0 Å². The van der Waals surface area contributed by atoms with Crippen molar-refractivity contribution in [1.82, 2.24) is 0 Å². The molecule has 4 nitrogen and oxygen atoms in total. The van der Waals surface area contributed by atoms with Crippen LogP contribution in [0.1, 0.15) is 26.3 Å². The summed E-state index contributed by atoms with van der Waals surface area (Å²) >= 11 is 0. The lowest BCUT2D eigenvalue weighted by Crippen LogP contribution is -2.03. The molecule has 4 heteroatoms. The summed E-state index contributed by atoms with van der Waals surface area (Å²) in [5.74, 6) is -1.11. The highest BCUT2D eigenvalue weighted by Gasteiger charge is 2.09. The summed E-state index contributed by atoms with van der Waals surface area (Å²) < 4.78 is 0. The number of carboxylic acids is 1. The molecule has 0 unspecified atom stereocenters. The van der Waals surface area contributed by atoms with Gasteiger partial charge in [0.05, 0.1) is 12.2 Å². The Morgan fingerprint density at radius 2 is 2.15 bits per heavy atom. The quantitative estimate of drug-likeness (QED) is 0.671. The van der Waals surface area contributed by atoms with Crippen LogP contribution in [-0.4, -0.2) is 22.5 Å². The fourth-order valence-corrected chi connectivity index (χ4v) is 1.03. The Labute approximate surface area is 74.4 Å². The summed E-state index contributed by atoms with van der Waals surface area (Å²) in [5.41, 5.74) is 0.624. The molecular formula is C9H8O4. The molecule has 0 amide bonds. The van der Waals surface area contributed by atoms with Gasteiger partial charge in [-0.05, 0) is 17.7 Å². The van der Waals surface area contributed by atoms with E-state index < -0.39 is 5.97 Å². The number of hydrogen-bond donors (Lipinski definition) is 2. The van der Waals surface area contributed by atoms with Crippen molar-refractivity contribution in [2.24, 2.45) is 0 Å². The Kier molecular flexibility index (Phi) is 2.76. The molecule has 0 saturated heterocycles. The zero-order chi connectivity index (χ0) is 9.84. The van der Waals surface area contributed by atoms with Gasteiger partial charge in [-0.3, -0.25) is 4.79 Å². The van der Waals surface area contributed by atoms with Gasteiger partial charge >= 0.3 is 5.97 Å². The second-order valence-corrected chi connectivity index (χ2v) is 2.50. The minimum atomic E-state index is -1.11. The van der Waals surface area contributed by atoms with Gasteiger partial charge in [-0.25, -0.2) is 4.79 Å². The molecule has 0 aromatic heterocycles. The van der Waals surface area contributed by atoms with Gasteiger partial charge in [0, 0.05) is 5.56 Å². The maximum absolute atomic E-state index is 10.6. The Bertz CT molecular complexity index is 343. The standard InChI is InChI=1S/C9H8O4/c10-4-6-1-2-8(9(12)13)7(3-6)5-11/h1-4,11H,5H2,(H,12,13). The maximum Gasteiger partial charge on any atom is 0.336 e. The minimum absolute atomic E-state index is 0.0214. The average Bonchev–Trinajstić information content (AvgIpc) is 2.16. The van der Waals surface area contributed by atoms with E-state index >= 15 is 0 Å². The Morgan fingerprint density at radius 1 is 1.46 bits per heavy atom. The summed E-state index contributed by atoms with van der Waals surface area (Å²) in [5, 5.41) is 17.5. The third-order valence-electron chi connectivity index (χ3n) is 1.67. The molecule has 2 N–H and O–H groups in total. The fraction of sp³-hybridized carbons (Fsp3) is 0.111. The largest absolute Gasteiger partial charge is 0.478 e. The van der Waals surface area contributed by atoms with Crippen LogP contribution in [0, 0.1) is 0 Å². The normalized spacial score (nSPS) is 9.62. The van der Waals surface area contributed by atoms with Crippen LogP contribution in [0.5, 0.6) is 0 Å². The molecule has 0 saturated carbocycles. The molecular weight excluding hydrogens is 172 g/mol. The van der Waals surface area contributed by atoms with Crippen LogP contribution >= 0.6 is 0 Å². The summed E-state index contributed by atoms with van der Waals surface area (Å²) in [6.07, 6.45) is 0.602. The monoisotopic (exact) mass is 180 g/mol. The highest BCUT2D eigenvalue weighted by Crippen LogP contribution is 2.11. The molecule has 68 valence electrons. The van der Waals surface area contributed by atoms with Gasteiger partial charge < -0.3 is 10.2 Å². The molecule has 0 fully saturated rings. The van der Waals surface area contributed by atoms with E-state index in [0.29, 0.717) is 11.8 Å². The number of benzene rings is 1. The van der Waals surface area contributed by atoms with E-state index in [1.165, 1.54) is 18.2 Å². The highest BCUT2D eigenvalue weighted by molar-refractivity contribution is 5.90. The van der Waals surface area contributed by atoms with Gasteiger partial charge in [0.15, 0.2) is 0 Å². The van der Waals surface area contributed by atoms with Gasteiger partial charge in [-0.15, -0.1) is 0 Å². The number of aldehydes is 1. The number of aliphatic hydroxyl groups excluding tert-OH is 1. The van der Waals surface area contributed by atoms with E-state index in [-0.39, 0.29) is 17.7 Å². The van der Waals surface area contributed by atoms with Crippen molar-refractivity contribution in [3.63, 3.8) is 0 Å². The van der Waals surface area contributed by atoms with E-state index in [1.807, 2.05) is 0 Å². The summed E-state index contributed by atoms with van der Waals surface area (Å²) in [6.45, 7) is -0.386. The van der Waals surface area contributed by atoms with Crippen molar-refractivity contribution < 1.29 is 19.8 Å². The van der Waals surface area contributed by atoms with Crippen LogP contribution in [0.25, 0.3) is 0 Å². The second kappa shape index (κ2) is 3.82. The third kappa shape index (κ3) is 1.91. The Balaban J connectivity index is 3.23. The molecule has 13 heavy (non-hydrogen) atoms. The van der Waals surface area contributed by atoms with Gasteiger partial charge in [-0.2, -0.15) is 0 Å². The van der Waals surface area contributed by atoms with Gasteiger partial charge in [0.1, 0.15) is 6.29 Å². The summed E-state index contributed by atoms with van der Waals surface area (Å²) in [7, 11) is 0. The predicted molar refractivity (Wildman–Crippen MR) is 44.7 cm³/mol. The number of aliphatic hydroxyl groups is 1. The van der Waals surface area contributed by atoms with Crippen molar-refractivity contribution in [3.8, 4) is 0 Å². The number of carboxylic acid groups (broad SMARTS) is 1. The van der Waals surface area contributed by atoms with Crippen LogP contribution < -0.4 is 0 Å². The van der Waals surface area contributed by atoms with Crippen LogP contribution in [0.4, 0.5) is 0 Å². The van der Waals surface area contributed by atoms with Crippen molar-refractivity contribution in [1.29, 1.82) is 0 Å². The number of carbonyl (C=O) groups is 2. The lowest BCUT2D eigenvalue weighted by Gasteiger charge is -2.02. The summed E-state index contributed by atoms with van der Waals surface area (Å²) in [4.78, 5) is 20.9. The molecule has 1 aromatic rings. The van der Waals surface area contributed by atoms with E-state index in [2.05, 4.69) is 0 Å². The number of rotatable bonds is 3. The van der Waals surface area contributed by atoms with Crippen LogP contribution in [0.3, 0.4) is 0 Å². The first-order valence-electron chi connectivity index (χ1n) is 3.61. The molecule has 0 aliphatic rings. The average molecular weight is 180 g/mol. The van der Waals surface area contributed by atoms with Gasteiger partial charge in [-0.1, -0.05) is 6.07 Å². The lowest BCUT2D eigenvalue weighted by atomic mass is 10.1. The topological polar surface area (TPSA) is 74.6 Å². The van der Waals surface area contributed by atoms with E-state index in [9.17, 15) is 9.59 Å². The zero-order valence-electron chi connectivity index (χ0n) is 6.73. The molecule has 1 rings (SSSR count). The Hall–Kier alpha value is -1.68. The van der Waals surface area contributed by atoms with Crippen LogP contribution in [-0.2, 0) is 6.61 Å². The Morgan fingerprint density at radius 3 is 2.62 bits per heavy atom. The number of aromatic carboxylic acids is 1. The van der Waals surface area contributed by atoms with Crippen molar-refractivity contribution in [3.05, 3.63) is 34.9 Å². The molecule has 0 aliphatic heterocycles. The summed E-state index contributed by atoms with van der Waals surface area (Å²) in [6, 6.07) is 4.06. The zero-order valence-corrected chi connectivity index (χ0v) is 6.73. The van der Waals surface area contributed by atoms with Crippen LogP contribution in [0.2, 0.25) is 0 Å². The highest BCUT2D eigenvalue weighted by atomic mass is 16.4. The number of hydrogen-bond acceptors (Lipinski definition) is 3. The fourth-order valence-electron chi connectivity index (χ4n) is 1.03. The SMILES string of the molecule is O=Cc1ccc(C(=O)O)c(CO)c1. The first kappa shape index (κ1) is 9.41. The lowest BCUT2D eigenvalue weighted by molar-refractivity contribution is 0.0693. The second-order valence-electron chi connectivity index (χ2n) is 2.50.